The van der Waals surface area contributed by atoms with Crippen LogP contribution in [0.5, 0.6) is 0 Å². The molecule has 1 fully saturated rings. The molecule has 0 amide bonds. The van der Waals surface area contributed by atoms with Gasteiger partial charge in [0.15, 0.2) is 0 Å². The first-order valence-electron chi connectivity index (χ1n) is 6.34. The highest BCUT2D eigenvalue weighted by Crippen LogP contribution is 2.28. The average molecular weight is 254 g/mol. The van der Waals surface area contributed by atoms with Gasteiger partial charge in [-0.3, -0.25) is 4.90 Å². The van der Waals surface area contributed by atoms with E-state index < -0.39 is 0 Å². The number of aromatic nitrogens is 2. The van der Waals surface area contributed by atoms with Crippen LogP contribution < -0.4 is 5.32 Å². The fraction of sp³-hybridized carbons (Fsp3) is 0.833. The number of likely N-dealkylation sites (tertiary alicyclic amines) is 1. The van der Waals surface area contributed by atoms with E-state index in [4.69, 9.17) is 0 Å². The fourth-order valence-corrected chi connectivity index (χ4v) is 3.35. The Hall–Kier alpha value is -0.680. The maximum Gasteiger partial charge on any atom is 0.205 e. The minimum Gasteiger partial charge on any atom is -0.363 e. The summed E-state index contributed by atoms with van der Waals surface area (Å²) in [4.78, 5) is 2.54. The molecule has 3 unspecified atom stereocenters. The van der Waals surface area contributed by atoms with E-state index in [-0.39, 0.29) is 0 Å². The van der Waals surface area contributed by atoms with E-state index in [9.17, 15) is 0 Å². The van der Waals surface area contributed by atoms with Crippen LogP contribution in [0.15, 0.2) is 0 Å². The van der Waals surface area contributed by atoms with E-state index in [2.05, 4.69) is 41.2 Å². The van der Waals surface area contributed by atoms with Crippen molar-refractivity contribution in [2.24, 2.45) is 11.8 Å². The Bertz CT molecular complexity index is 365. The van der Waals surface area contributed by atoms with Gasteiger partial charge in [0.05, 0.1) is 6.54 Å². The third kappa shape index (κ3) is 2.96. The van der Waals surface area contributed by atoms with Crippen LogP contribution in [0.2, 0.25) is 0 Å². The molecule has 5 heteroatoms. The van der Waals surface area contributed by atoms with E-state index in [0.717, 1.165) is 28.5 Å². The summed E-state index contributed by atoms with van der Waals surface area (Å²) in [5, 5.41) is 13.4. The Kier molecular flexibility index (Phi) is 3.99. The third-order valence-electron chi connectivity index (χ3n) is 3.74. The van der Waals surface area contributed by atoms with Crippen LogP contribution in [0, 0.1) is 11.8 Å². The first kappa shape index (κ1) is 12.8. The first-order chi connectivity index (χ1) is 8.10. The molecule has 0 saturated carbocycles. The summed E-state index contributed by atoms with van der Waals surface area (Å²) < 4.78 is 0. The maximum atomic E-state index is 4.23. The zero-order valence-corrected chi connectivity index (χ0v) is 11.9. The Morgan fingerprint density at radius 3 is 2.76 bits per heavy atom. The van der Waals surface area contributed by atoms with E-state index in [0.29, 0.717) is 6.04 Å². The lowest BCUT2D eigenvalue weighted by atomic mass is 9.86. The minimum absolute atomic E-state index is 0.646. The molecule has 2 rings (SSSR count). The summed E-state index contributed by atoms with van der Waals surface area (Å²) in [5.41, 5.74) is 0. The number of hydrogen-bond donors (Lipinski definition) is 1. The molecule has 4 nitrogen and oxygen atoms in total. The van der Waals surface area contributed by atoms with Crippen molar-refractivity contribution < 1.29 is 0 Å². The van der Waals surface area contributed by atoms with Crippen LogP contribution in [0.25, 0.3) is 0 Å². The highest BCUT2D eigenvalue weighted by Gasteiger charge is 2.29. The summed E-state index contributed by atoms with van der Waals surface area (Å²) in [6, 6.07) is 0.646. The summed E-state index contributed by atoms with van der Waals surface area (Å²) in [7, 11) is 1.89. The van der Waals surface area contributed by atoms with Gasteiger partial charge in [-0.25, -0.2) is 0 Å². The topological polar surface area (TPSA) is 41.1 Å². The van der Waals surface area contributed by atoms with Gasteiger partial charge in [-0.1, -0.05) is 25.2 Å². The van der Waals surface area contributed by atoms with Crippen molar-refractivity contribution in [1.29, 1.82) is 0 Å². The molecule has 0 bridgehead atoms. The standard InChI is InChI=1S/C12H22N4S/c1-8-5-9(2)10(3)16(6-8)7-11-14-15-12(13-4)17-11/h8-10H,5-7H2,1-4H3,(H,13,15). The summed E-state index contributed by atoms with van der Waals surface area (Å²) in [6.45, 7) is 9.15. The van der Waals surface area contributed by atoms with Crippen molar-refractivity contribution in [3.05, 3.63) is 5.01 Å². The van der Waals surface area contributed by atoms with Crippen molar-refractivity contribution in [3.63, 3.8) is 0 Å². The summed E-state index contributed by atoms with van der Waals surface area (Å²) >= 11 is 1.66. The van der Waals surface area contributed by atoms with Crippen LogP contribution >= 0.6 is 11.3 Å². The summed E-state index contributed by atoms with van der Waals surface area (Å²) in [6.07, 6.45) is 1.34. The lowest BCUT2D eigenvalue weighted by Crippen LogP contribution is -2.45. The molecule has 0 aliphatic carbocycles. The van der Waals surface area contributed by atoms with Crippen LogP contribution in [0.1, 0.15) is 32.2 Å². The highest BCUT2D eigenvalue weighted by atomic mass is 32.1. The summed E-state index contributed by atoms with van der Waals surface area (Å²) in [5.74, 6) is 1.56. The molecule has 1 aliphatic heterocycles. The molecule has 1 aromatic heterocycles. The number of piperidine rings is 1. The Morgan fingerprint density at radius 1 is 1.35 bits per heavy atom. The minimum atomic E-state index is 0.646. The zero-order chi connectivity index (χ0) is 12.4. The molecule has 17 heavy (non-hydrogen) atoms. The Labute approximate surface area is 107 Å². The molecule has 96 valence electrons. The van der Waals surface area contributed by atoms with Crippen LogP contribution in [0.3, 0.4) is 0 Å². The van der Waals surface area contributed by atoms with E-state index >= 15 is 0 Å². The normalized spacial score (nSPS) is 30.5. The van der Waals surface area contributed by atoms with E-state index in [1.54, 1.807) is 11.3 Å². The molecule has 2 heterocycles. The van der Waals surface area contributed by atoms with Crippen LogP contribution in [0.4, 0.5) is 5.13 Å². The van der Waals surface area contributed by atoms with E-state index in [1.165, 1.54) is 13.0 Å². The quantitative estimate of drug-likeness (QED) is 0.899. The van der Waals surface area contributed by atoms with Gasteiger partial charge < -0.3 is 5.32 Å². The smallest absolute Gasteiger partial charge is 0.205 e. The van der Waals surface area contributed by atoms with Gasteiger partial charge in [0, 0.05) is 19.6 Å². The number of hydrogen-bond acceptors (Lipinski definition) is 5. The van der Waals surface area contributed by atoms with Gasteiger partial charge in [0.1, 0.15) is 5.01 Å². The van der Waals surface area contributed by atoms with Gasteiger partial charge in [0.25, 0.3) is 0 Å². The van der Waals surface area contributed by atoms with Crippen molar-refractivity contribution in [1.82, 2.24) is 15.1 Å². The lowest BCUT2D eigenvalue weighted by molar-refractivity contribution is 0.0727. The molecule has 1 aromatic rings. The largest absolute Gasteiger partial charge is 0.363 e. The van der Waals surface area contributed by atoms with Crippen molar-refractivity contribution in [3.8, 4) is 0 Å². The molecule has 0 aromatic carbocycles. The highest BCUT2D eigenvalue weighted by molar-refractivity contribution is 7.15. The molecule has 1 saturated heterocycles. The molecular weight excluding hydrogens is 232 g/mol. The van der Waals surface area contributed by atoms with Crippen molar-refractivity contribution in [2.45, 2.75) is 39.8 Å². The van der Waals surface area contributed by atoms with Crippen molar-refractivity contribution in [2.75, 3.05) is 18.9 Å². The van der Waals surface area contributed by atoms with Gasteiger partial charge in [-0.15, -0.1) is 10.2 Å². The number of anilines is 1. The molecule has 3 atom stereocenters. The Morgan fingerprint density at radius 2 is 2.12 bits per heavy atom. The van der Waals surface area contributed by atoms with Crippen molar-refractivity contribution >= 4 is 16.5 Å². The fourth-order valence-electron chi connectivity index (χ4n) is 2.63. The second-order valence-electron chi connectivity index (χ2n) is 5.24. The van der Waals surface area contributed by atoms with Gasteiger partial charge in [-0.2, -0.15) is 0 Å². The maximum absolute atomic E-state index is 4.23. The van der Waals surface area contributed by atoms with E-state index in [1.807, 2.05) is 7.05 Å². The predicted molar refractivity (Wildman–Crippen MR) is 72.3 cm³/mol. The van der Waals surface area contributed by atoms with Gasteiger partial charge >= 0.3 is 0 Å². The van der Waals surface area contributed by atoms with Crippen LogP contribution in [-0.2, 0) is 6.54 Å². The SMILES string of the molecule is CNc1nnc(CN2CC(C)CC(C)C2C)s1. The molecule has 0 radical (unpaired) electrons. The Balaban J connectivity index is 2.01. The van der Waals surface area contributed by atoms with Crippen LogP contribution in [-0.4, -0.2) is 34.7 Å². The number of rotatable bonds is 3. The third-order valence-corrected chi connectivity index (χ3v) is 4.66. The van der Waals surface area contributed by atoms with Gasteiger partial charge in [-0.05, 0) is 25.2 Å². The zero-order valence-electron chi connectivity index (χ0n) is 11.1. The molecular formula is C12H22N4S. The number of nitrogens with zero attached hydrogens (tertiary/aromatic N) is 3. The predicted octanol–water partition coefficient (Wildman–Crippen LogP) is 2.45. The molecule has 1 aliphatic rings. The monoisotopic (exact) mass is 254 g/mol. The molecule has 1 N–H and O–H groups in total. The van der Waals surface area contributed by atoms with Gasteiger partial charge in [0.2, 0.25) is 5.13 Å². The average Bonchev–Trinajstić information content (AvgIpc) is 2.73. The molecule has 0 spiro atoms. The first-order valence-corrected chi connectivity index (χ1v) is 7.16. The lowest BCUT2D eigenvalue weighted by Gasteiger charge is -2.40. The second-order valence-corrected chi connectivity index (χ2v) is 6.30. The number of nitrogens with one attached hydrogen (secondary N) is 1. The second kappa shape index (κ2) is 5.31.